The Hall–Kier alpha value is -0.380. The number of ether oxygens (including phenoxy) is 3. The van der Waals surface area contributed by atoms with E-state index in [1.165, 1.54) is 38.5 Å². The fourth-order valence-electron chi connectivity index (χ4n) is 1.66. The van der Waals surface area contributed by atoms with Gasteiger partial charge in [-0.3, -0.25) is 0 Å². The van der Waals surface area contributed by atoms with Gasteiger partial charge in [-0.15, -0.1) is 6.58 Å². The Morgan fingerprint density at radius 2 is 1.59 bits per heavy atom. The first-order chi connectivity index (χ1) is 8.43. The van der Waals surface area contributed by atoms with Crippen LogP contribution in [0, 0.1) is 0 Å². The van der Waals surface area contributed by atoms with E-state index in [4.69, 9.17) is 14.2 Å². The molecule has 1 saturated heterocycles. The molecule has 0 aliphatic carbocycles. The average molecular weight is 242 g/mol. The second-order valence-corrected chi connectivity index (χ2v) is 4.52. The van der Waals surface area contributed by atoms with Crippen molar-refractivity contribution < 1.29 is 14.2 Å². The van der Waals surface area contributed by atoms with Gasteiger partial charge in [0, 0.05) is 13.2 Å². The molecule has 0 saturated carbocycles. The zero-order valence-electron chi connectivity index (χ0n) is 10.9. The molecule has 1 aliphatic heterocycles. The third kappa shape index (κ3) is 10.5. The third-order valence-electron chi connectivity index (χ3n) is 2.77. The fourth-order valence-corrected chi connectivity index (χ4v) is 1.66. The minimum atomic E-state index is 0.408. The van der Waals surface area contributed by atoms with Crippen LogP contribution in [0.25, 0.3) is 0 Å². The second-order valence-electron chi connectivity index (χ2n) is 4.52. The molecule has 1 unspecified atom stereocenters. The van der Waals surface area contributed by atoms with Gasteiger partial charge in [0.15, 0.2) is 0 Å². The SMILES string of the molecule is C=CCOCCCCCCCCOCC1CO1. The van der Waals surface area contributed by atoms with Gasteiger partial charge in [0.2, 0.25) is 0 Å². The normalized spacial score (nSPS) is 18.2. The molecule has 1 rings (SSSR count). The van der Waals surface area contributed by atoms with Crippen molar-refractivity contribution in [2.24, 2.45) is 0 Å². The van der Waals surface area contributed by atoms with Crippen LogP contribution < -0.4 is 0 Å². The van der Waals surface area contributed by atoms with Crippen molar-refractivity contribution in [2.45, 2.75) is 44.6 Å². The molecule has 0 spiro atoms. The second kappa shape index (κ2) is 10.8. The van der Waals surface area contributed by atoms with Gasteiger partial charge in [0.05, 0.1) is 19.8 Å². The molecular formula is C14H26O3. The van der Waals surface area contributed by atoms with Crippen molar-refractivity contribution in [3.8, 4) is 0 Å². The van der Waals surface area contributed by atoms with E-state index in [1.54, 1.807) is 6.08 Å². The molecule has 1 fully saturated rings. The van der Waals surface area contributed by atoms with E-state index in [0.29, 0.717) is 12.7 Å². The molecule has 3 nitrogen and oxygen atoms in total. The molecule has 3 heteroatoms. The van der Waals surface area contributed by atoms with Gasteiger partial charge in [0.1, 0.15) is 6.10 Å². The monoisotopic (exact) mass is 242 g/mol. The highest BCUT2D eigenvalue weighted by molar-refractivity contribution is 4.67. The molecule has 0 radical (unpaired) electrons. The summed E-state index contributed by atoms with van der Waals surface area (Å²) in [6, 6.07) is 0. The lowest BCUT2D eigenvalue weighted by Crippen LogP contribution is -2.02. The highest BCUT2D eigenvalue weighted by Crippen LogP contribution is 2.09. The summed E-state index contributed by atoms with van der Waals surface area (Å²) in [5, 5.41) is 0. The molecule has 100 valence electrons. The number of hydrogen-bond acceptors (Lipinski definition) is 3. The van der Waals surface area contributed by atoms with Gasteiger partial charge in [-0.1, -0.05) is 31.8 Å². The van der Waals surface area contributed by atoms with Crippen molar-refractivity contribution in [1.29, 1.82) is 0 Å². The van der Waals surface area contributed by atoms with E-state index >= 15 is 0 Å². The Balaban J connectivity index is 1.62. The van der Waals surface area contributed by atoms with Gasteiger partial charge in [-0.05, 0) is 12.8 Å². The van der Waals surface area contributed by atoms with E-state index in [0.717, 1.165) is 26.4 Å². The van der Waals surface area contributed by atoms with E-state index in [-0.39, 0.29) is 0 Å². The molecule has 1 aliphatic rings. The van der Waals surface area contributed by atoms with Gasteiger partial charge in [-0.2, -0.15) is 0 Å². The maximum atomic E-state index is 5.48. The Morgan fingerprint density at radius 1 is 1.00 bits per heavy atom. The fraction of sp³-hybridized carbons (Fsp3) is 0.857. The predicted octanol–water partition coefficient (Wildman–Crippen LogP) is 2.95. The Bertz CT molecular complexity index is 178. The Kier molecular flexibility index (Phi) is 9.29. The van der Waals surface area contributed by atoms with Crippen LogP contribution in [-0.2, 0) is 14.2 Å². The summed E-state index contributed by atoms with van der Waals surface area (Å²) in [5.74, 6) is 0. The maximum absolute atomic E-state index is 5.48. The van der Waals surface area contributed by atoms with Crippen LogP contribution in [0.5, 0.6) is 0 Å². The summed E-state index contributed by atoms with van der Waals surface area (Å²) in [7, 11) is 0. The van der Waals surface area contributed by atoms with Crippen molar-refractivity contribution in [2.75, 3.05) is 33.0 Å². The molecule has 0 N–H and O–H groups in total. The maximum Gasteiger partial charge on any atom is 0.104 e. The standard InChI is InChI=1S/C14H26O3/c1-2-9-15-10-7-5-3-4-6-8-11-16-12-14-13-17-14/h2,14H,1,3-13H2. The summed E-state index contributed by atoms with van der Waals surface area (Å²) >= 11 is 0. The largest absolute Gasteiger partial charge is 0.379 e. The molecule has 17 heavy (non-hydrogen) atoms. The predicted molar refractivity (Wildman–Crippen MR) is 69.3 cm³/mol. The van der Waals surface area contributed by atoms with Crippen molar-refractivity contribution in [3.05, 3.63) is 12.7 Å². The van der Waals surface area contributed by atoms with Crippen molar-refractivity contribution in [1.82, 2.24) is 0 Å². The van der Waals surface area contributed by atoms with Gasteiger partial charge >= 0.3 is 0 Å². The van der Waals surface area contributed by atoms with E-state index in [2.05, 4.69) is 6.58 Å². The lowest BCUT2D eigenvalue weighted by molar-refractivity contribution is 0.112. The summed E-state index contributed by atoms with van der Waals surface area (Å²) in [4.78, 5) is 0. The lowest BCUT2D eigenvalue weighted by Gasteiger charge is -2.03. The molecule has 0 bridgehead atoms. The van der Waals surface area contributed by atoms with Crippen LogP contribution in [0.15, 0.2) is 12.7 Å². The van der Waals surface area contributed by atoms with Crippen LogP contribution in [0.2, 0.25) is 0 Å². The number of hydrogen-bond donors (Lipinski definition) is 0. The molecule has 0 amide bonds. The summed E-state index contributed by atoms with van der Waals surface area (Å²) in [6.07, 6.45) is 9.72. The van der Waals surface area contributed by atoms with Gasteiger partial charge in [0.25, 0.3) is 0 Å². The van der Waals surface area contributed by atoms with Gasteiger partial charge in [-0.25, -0.2) is 0 Å². The minimum Gasteiger partial charge on any atom is -0.379 e. The van der Waals surface area contributed by atoms with Crippen LogP contribution in [-0.4, -0.2) is 39.1 Å². The Labute approximate surface area is 105 Å². The van der Waals surface area contributed by atoms with Crippen LogP contribution in [0.4, 0.5) is 0 Å². The molecule has 0 aromatic carbocycles. The topological polar surface area (TPSA) is 31.0 Å². The van der Waals surface area contributed by atoms with E-state index in [9.17, 15) is 0 Å². The average Bonchev–Trinajstić information content (AvgIpc) is 3.15. The zero-order valence-corrected chi connectivity index (χ0v) is 10.9. The van der Waals surface area contributed by atoms with Crippen molar-refractivity contribution >= 4 is 0 Å². The van der Waals surface area contributed by atoms with Gasteiger partial charge < -0.3 is 14.2 Å². The first-order valence-electron chi connectivity index (χ1n) is 6.81. The van der Waals surface area contributed by atoms with Crippen LogP contribution >= 0.6 is 0 Å². The van der Waals surface area contributed by atoms with Crippen molar-refractivity contribution in [3.63, 3.8) is 0 Å². The first kappa shape index (κ1) is 14.7. The summed E-state index contributed by atoms with van der Waals surface area (Å²) in [5.41, 5.74) is 0. The number of unbranched alkanes of at least 4 members (excludes halogenated alkanes) is 5. The summed E-state index contributed by atoms with van der Waals surface area (Å²) < 4.78 is 15.9. The molecule has 1 heterocycles. The zero-order chi connectivity index (χ0) is 12.2. The smallest absolute Gasteiger partial charge is 0.104 e. The molecular weight excluding hydrogens is 216 g/mol. The van der Waals surface area contributed by atoms with E-state index in [1.807, 2.05) is 0 Å². The summed E-state index contributed by atoms with van der Waals surface area (Å²) in [6.45, 7) is 7.75. The molecule has 0 aromatic rings. The third-order valence-corrected chi connectivity index (χ3v) is 2.77. The first-order valence-corrected chi connectivity index (χ1v) is 6.81. The number of epoxide rings is 1. The van der Waals surface area contributed by atoms with Crippen LogP contribution in [0.3, 0.4) is 0 Å². The highest BCUT2D eigenvalue weighted by Gasteiger charge is 2.21. The molecule has 0 aromatic heterocycles. The number of rotatable bonds is 13. The highest BCUT2D eigenvalue weighted by atomic mass is 16.6. The molecule has 1 atom stereocenters. The minimum absolute atomic E-state index is 0.408. The van der Waals surface area contributed by atoms with Crippen LogP contribution in [0.1, 0.15) is 38.5 Å². The Morgan fingerprint density at radius 3 is 2.18 bits per heavy atom. The lowest BCUT2D eigenvalue weighted by atomic mass is 10.1. The van der Waals surface area contributed by atoms with E-state index < -0.39 is 0 Å². The quantitative estimate of drug-likeness (QED) is 0.283.